The zero-order valence-corrected chi connectivity index (χ0v) is 20.6. The minimum atomic E-state index is -0.304. The van der Waals surface area contributed by atoms with Gasteiger partial charge in [-0.3, -0.25) is 4.79 Å². The van der Waals surface area contributed by atoms with Crippen molar-refractivity contribution in [3.8, 4) is 5.75 Å². The lowest BCUT2D eigenvalue weighted by atomic mass is 10.0. The molecule has 2 rings (SSSR count). The van der Waals surface area contributed by atoms with Gasteiger partial charge in [0.25, 0.3) is 0 Å². The molecule has 0 bridgehead atoms. The molecule has 0 N–H and O–H groups in total. The van der Waals surface area contributed by atoms with Gasteiger partial charge in [-0.25, -0.2) is 4.79 Å². The van der Waals surface area contributed by atoms with E-state index in [1.807, 2.05) is 43.3 Å². The molecule has 0 amide bonds. The number of carbonyl (C=O) groups excluding carboxylic acids is 2. The van der Waals surface area contributed by atoms with Crippen LogP contribution in [0.5, 0.6) is 5.75 Å². The monoisotopic (exact) mass is 452 g/mol. The maximum absolute atomic E-state index is 12.6. The number of ketones is 1. The molecule has 4 heteroatoms. The first-order chi connectivity index (χ1) is 16.0. The largest absolute Gasteiger partial charge is 0.494 e. The molecule has 0 unspecified atom stereocenters. The molecule has 0 aliphatic rings. The Morgan fingerprint density at radius 3 is 2.00 bits per heavy atom. The first kappa shape index (κ1) is 26.6. The second-order valence-corrected chi connectivity index (χ2v) is 8.80. The number of esters is 1. The average molecular weight is 453 g/mol. The Labute approximate surface area is 199 Å². The number of unbranched alkanes of at least 4 members (excludes halogenated alkanes) is 6. The van der Waals surface area contributed by atoms with E-state index in [1.165, 1.54) is 38.5 Å². The standard InChI is InChI=1S/C29H40O4/c1-4-6-8-10-12-23(3)33-29(31)26-15-13-24(14-16-26)22-28(30)25-17-19-27(20-18-25)32-21-11-9-7-5-2/h13-20,23H,4-12,21-22H2,1-3H3/t23-/m0/s1. The predicted molar refractivity (Wildman–Crippen MR) is 134 cm³/mol. The summed E-state index contributed by atoms with van der Waals surface area (Å²) in [7, 11) is 0. The maximum Gasteiger partial charge on any atom is 0.338 e. The molecule has 180 valence electrons. The normalized spacial score (nSPS) is 11.7. The number of Topliss-reactive ketones (excluding diaryl/α,β-unsaturated/α-hetero) is 1. The number of rotatable bonds is 16. The van der Waals surface area contributed by atoms with Gasteiger partial charge in [-0.05, 0) is 68.1 Å². The molecule has 4 nitrogen and oxygen atoms in total. The highest BCUT2D eigenvalue weighted by atomic mass is 16.5. The second kappa shape index (κ2) is 15.3. The van der Waals surface area contributed by atoms with E-state index in [2.05, 4.69) is 13.8 Å². The molecule has 0 saturated carbocycles. The third-order valence-electron chi connectivity index (χ3n) is 5.77. The van der Waals surface area contributed by atoms with Crippen molar-refractivity contribution in [2.24, 2.45) is 0 Å². The van der Waals surface area contributed by atoms with Crippen LogP contribution in [0.3, 0.4) is 0 Å². The molecule has 1 atom stereocenters. The molecule has 0 saturated heterocycles. The summed E-state index contributed by atoms with van der Waals surface area (Å²) < 4.78 is 11.3. The highest BCUT2D eigenvalue weighted by Gasteiger charge is 2.13. The predicted octanol–water partition coefficient (Wildman–Crippen LogP) is 7.59. The molecule has 0 heterocycles. The molecule has 2 aromatic rings. The SMILES string of the molecule is CCCCCCOc1ccc(C(=O)Cc2ccc(C(=O)O[C@@H](C)CCCCCC)cc2)cc1. The van der Waals surface area contributed by atoms with Crippen LogP contribution >= 0.6 is 0 Å². The van der Waals surface area contributed by atoms with Crippen molar-refractivity contribution in [1.82, 2.24) is 0 Å². The molecule has 0 aliphatic carbocycles. The van der Waals surface area contributed by atoms with Gasteiger partial charge in [0.2, 0.25) is 0 Å². The van der Waals surface area contributed by atoms with Gasteiger partial charge in [-0.15, -0.1) is 0 Å². The lowest BCUT2D eigenvalue weighted by molar-refractivity contribution is 0.0319. The Bertz CT molecular complexity index is 824. The number of carbonyl (C=O) groups is 2. The van der Waals surface area contributed by atoms with Gasteiger partial charge < -0.3 is 9.47 Å². The Kier molecular flexibility index (Phi) is 12.3. The minimum absolute atomic E-state index is 0.0422. The fourth-order valence-electron chi connectivity index (χ4n) is 3.67. The van der Waals surface area contributed by atoms with Crippen molar-refractivity contribution < 1.29 is 19.1 Å². The highest BCUT2D eigenvalue weighted by molar-refractivity contribution is 5.97. The molecular weight excluding hydrogens is 412 g/mol. The third-order valence-corrected chi connectivity index (χ3v) is 5.77. The summed E-state index contributed by atoms with van der Waals surface area (Å²) in [6, 6.07) is 14.5. The van der Waals surface area contributed by atoms with Gasteiger partial charge in [-0.2, -0.15) is 0 Å². The summed E-state index contributed by atoms with van der Waals surface area (Å²) >= 11 is 0. The summed E-state index contributed by atoms with van der Waals surface area (Å²) in [5, 5.41) is 0. The Morgan fingerprint density at radius 2 is 1.36 bits per heavy atom. The molecule has 33 heavy (non-hydrogen) atoms. The second-order valence-electron chi connectivity index (χ2n) is 8.80. The Morgan fingerprint density at radius 1 is 0.758 bits per heavy atom. The summed E-state index contributed by atoms with van der Waals surface area (Å²) in [6.07, 6.45) is 10.4. The van der Waals surface area contributed by atoms with Gasteiger partial charge in [0.15, 0.2) is 5.78 Å². The Balaban J connectivity index is 1.79. The van der Waals surface area contributed by atoms with E-state index in [0.717, 1.165) is 30.6 Å². The van der Waals surface area contributed by atoms with Gasteiger partial charge in [0, 0.05) is 12.0 Å². The molecule has 0 radical (unpaired) electrons. The minimum Gasteiger partial charge on any atom is -0.494 e. The van der Waals surface area contributed by atoms with Gasteiger partial charge in [0.1, 0.15) is 5.75 Å². The first-order valence-electron chi connectivity index (χ1n) is 12.6. The summed E-state index contributed by atoms with van der Waals surface area (Å²) in [5.41, 5.74) is 2.06. The van der Waals surface area contributed by atoms with Crippen LogP contribution in [0.2, 0.25) is 0 Å². The van der Waals surface area contributed by atoms with Crippen molar-refractivity contribution >= 4 is 11.8 Å². The van der Waals surface area contributed by atoms with E-state index in [9.17, 15) is 9.59 Å². The van der Waals surface area contributed by atoms with Crippen LogP contribution in [0, 0.1) is 0 Å². The van der Waals surface area contributed by atoms with Crippen molar-refractivity contribution in [1.29, 1.82) is 0 Å². The smallest absolute Gasteiger partial charge is 0.338 e. The van der Waals surface area contributed by atoms with Crippen molar-refractivity contribution in [2.75, 3.05) is 6.61 Å². The van der Waals surface area contributed by atoms with Crippen molar-refractivity contribution in [3.63, 3.8) is 0 Å². The third kappa shape index (κ3) is 10.2. The molecule has 0 fully saturated rings. The Hall–Kier alpha value is -2.62. The van der Waals surface area contributed by atoms with Gasteiger partial charge in [0.05, 0.1) is 18.3 Å². The number of ether oxygens (including phenoxy) is 2. The number of hydrogen-bond donors (Lipinski definition) is 0. The fraction of sp³-hybridized carbons (Fsp3) is 0.517. The fourth-order valence-corrected chi connectivity index (χ4v) is 3.67. The maximum atomic E-state index is 12.6. The summed E-state index contributed by atoms with van der Waals surface area (Å²) in [4.78, 5) is 25.0. The van der Waals surface area contributed by atoms with E-state index in [1.54, 1.807) is 12.1 Å². The lowest BCUT2D eigenvalue weighted by Crippen LogP contribution is -2.15. The van der Waals surface area contributed by atoms with Crippen molar-refractivity contribution in [2.45, 2.75) is 91.1 Å². The number of hydrogen-bond acceptors (Lipinski definition) is 4. The zero-order valence-electron chi connectivity index (χ0n) is 20.6. The van der Waals surface area contributed by atoms with Crippen LogP contribution in [-0.4, -0.2) is 24.5 Å². The molecule has 0 spiro atoms. The summed E-state index contributed by atoms with van der Waals surface area (Å²) in [5.74, 6) is 0.534. The van der Waals surface area contributed by atoms with Gasteiger partial charge >= 0.3 is 5.97 Å². The zero-order chi connectivity index (χ0) is 23.9. The van der Waals surface area contributed by atoms with E-state index in [4.69, 9.17) is 9.47 Å². The molecule has 2 aromatic carbocycles. The van der Waals surface area contributed by atoms with Gasteiger partial charge in [-0.1, -0.05) is 64.5 Å². The van der Waals surface area contributed by atoms with E-state index in [-0.39, 0.29) is 17.9 Å². The van der Waals surface area contributed by atoms with Crippen LogP contribution < -0.4 is 4.74 Å². The lowest BCUT2D eigenvalue weighted by Gasteiger charge is -2.13. The number of benzene rings is 2. The molecular formula is C29H40O4. The van der Waals surface area contributed by atoms with E-state index >= 15 is 0 Å². The van der Waals surface area contributed by atoms with Crippen LogP contribution in [0.4, 0.5) is 0 Å². The van der Waals surface area contributed by atoms with E-state index in [0.29, 0.717) is 24.2 Å². The average Bonchev–Trinajstić information content (AvgIpc) is 2.82. The highest BCUT2D eigenvalue weighted by Crippen LogP contribution is 2.16. The topological polar surface area (TPSA) is 52.6 Å². The van der Waals surface area contributed by atoms with Crippen molar-refractivity contribution in [3.05, 3.63) is 65.2 Å². The summed E-state index contributed by atoms with van der Waals surface area (Å²) in [6.45, 7) is 7.03. The van der Waals surface area contributed by atoms with Crippen LogP contribution in [0.1, 0.15) is 105 Å². The van der Waals surface area contributed by atoms with Crippen LogP contribution in [-0.2, 0) is 11.2 Å². The molecule has 0 aliphatic heterocycles. The van der Waals surface area contributed by atoms with Crippen LogP contribution in [0.15, 0.2) is 48.5 Å². The molecule has 0 aromatic heterocycles. The quantitative estimate of drug-likeness (QED) is 0.150. The van der Waals surface area contributed by atoms with Crippen LogP contribution in [0.25, 0.3) is 0 Å². The first-order valence-corrected chi connectivity index (χ1v) is 12.6. The van der Waals surface area contributed by atoms with E-state index < -0.39 is 0 Å².